The second kappa shape index (κ2) is 7.74. The molecule has 6 heteroatoms. The van der Waals surface area contributed by atoms with Gasteiger partial charge in [-0.15, -0.1) is 0 Å². The first-order chi connectivity index (χ1) is 12.5. The Kier molecular flexibility index (Phi) is 5.42. The van der Waals surface area contributed by atoms with Crippen LogP contribution in [0.15, 0.2) is 41.0 Å². The van der Waals surface area contributed by atoms with Crippen LogP contribution in [0.3, 0.4) is 0 Å². The van der Waals surface area contributed by atoms with Crippen molar-refractivity contribution < 1.29 is 18.9 Å². The Labute approximate surface area is 153 Å². The lowest BCUT2D eigenvalue weighted by Crippen LogP contribution is -3.19. The summed E-state index contributed by atoms with van der Waals surface area (Å²) in [4.78, 5) is 27.9. The summed E-state index contributed by atoms with van der Waals surface area (Å²) < 4.78 is 5.18. The van der Waals surface area contributed by atoms with Crippen LogP contribution in [0.2, 0.25) is 0 Å². The van der Waals surface area contributed by atoms with E-state index in [4.69, 9.17) is 4.42 Å². The van der Waals surface area contributed by atoms with Crippen LogP contribution in [0.5, 0.6) is 0 Å². The summed E-state index contributed by atoms with van der Waals surface area (Å²) >= 11 is 0. The summed E-state index contributed by atoms with van der Waals surface area (Å²) in [5.74, 6) is 0.299. The van der Waals surface area contributed by atoms with Gasteiger partial charge in [-0.25, -0.2) is 0 Å². The van der Waals surface area contributed by atoms with Gasteiger partial charge in [-0.3, -0.25) is 9.59 Å². The van der Waals surface area contributed by atoms with Crippen LogP contribution in [0, 0.1) is 13.8 Å². The first kappa shape index (κ1) is 18.2. The van der Waals surface area contributed by atoms with Crippen LogP contribution < -0.4 is 10.2 Å². The maximum atomic E-state index is 12.6. The molecule has 2 amide bonds. The number of hydrogen-bond donors (Lipinski definition) is 2. The fourth-order valence-electron chi connectivity index (χ4n) is 3.37. The summed E-state index contributed by atoms with van der Waals surface area (Å²) in [6, 6.07) is 9.24. The number of nitrogens with zero attached hydrogens (tertiary/aromatic N) is 1. The van der Waals surface area contributed by atoms with Crippen molar-refractivity contribution in [2.45, 2.75) is 26.8 Å². The van der Waals surface area contributed by atoms with Crippen molar-refractivity contribution in [3.05, 3.63) is 53.5 Å². The van der Waals surface area contributed by atoms with Crippen LogP contribution in [-0.4, -0.2) is 48.9 Å². The number of aryl methyl sites for hydroxylation is 2. The Hall–Kier alpha value is -2.60. The van der Waals surface area contributed by atoms with E-state index in [0.717, 1.165) is 24.3 Å². The van der Waals surface area contributed by atoms with E-state index >= 15 is 0 Å². The molecule has 1 aliphatic rings. The van der Waals surface area contributed by atoms with E-state index in [2.05, 4.69) is 11.4 Å². The lowest BCUT2D eigenvalue weighted by molar-refractivity contribution is -0.917. The number of carbonyl (C=O) groups is 2. The topological polar surface area (TPSA) is 67.0 Å². The molecule has 2 aromatic rings. The first-order valence-electron chi connectivity index (χ1n) is 9.01. The van der Waals surface area contributed by atoms with E-state index in [1.54, 1.807) is 17.0 Å². The van der Waals surface area contributed by atoms with Gasteiger partial charge >= 0.3 is 0 Å². The number of carbonyl (C=O) groups excluding carboxylic acids is 2. The first-order valence-corrected chi connectivity index (χ1v) is 9.01. The third kappa shape index (κ3) is 3.96. The number of amides is 2. The van der Waals surface area contributed by atoms with Crippen LogP contribution in [0.1, 0.15) is 28.6 Å². The van der Waals surface area contributed by atoms with Crippen molar-refractivity contribution in [3.8, 4) is 0 Å². The van der Waals surface area contributed by atoms with Crippen LogP contribution in [0.4, 0.5) is 5.69 Å². The third-order valence-electron chi connectivity index (χ3n) is 5.07. The van der Waals surface area contributed by atoms with E-state index in [0.29, 0.717) is 18.8 Å². The number of anilines is 1. The van der Waals surface area contributed by atoms with Gasteiger partial charge in [0.25, 0.3) is 11.8 Å². The molecule has 0 unspecified atom stereocenters. The number of benzene rings is 1. The highest BCUT2D eigenvalue weighted by atomic mass is 16.3. The van der Waals surface area contributed by atoms with E-state index in [9.17, 15) is 9.59 Å². The summed E-state index contributed by atoms with van der Waals surface area (Å²) in [6.07, 6.45) is 1.51. The van der Waals surface area contributed by atoms with Crippen LogP contribution >= 0.6 is 0 Å². The number of quaternary nitrogens is 1. The molecule has 138 valence electrons. The maximum Gasteiger partial charge on any atom is 0.289 e. The zero-order valence-corrected chi connectivity index (χ0v) is 15.5. The molecule has 1 saturated heterocycles. The molecular formula is C20H26N3O3+. The van der Waals surface area contributed by atoms with Gasteiger partial charge in [0.05, 0.1) is 32.4 Å². The van der Waals surface area contributed by atoms with Gasteiger partial charge in [0.15, 0.2) is 11.8 Å². The Balaban J connectivity index is 1.55. The molecule has 0 bridgehead atoms. The molecule has 1 aliphatic heterocycles. The normalized spacial score (nSPS) is 16.3. The summed E-state index contributed by atoms with van der Waals surface area (Å²) in [5.41, 5.74) is 3.10. The van der Waals surface area contributed by atoms with Crippen molar-refractivity contribution in [3.63, 3.8) is 0 Å². The summed E-state index contributed by atoms with van der Waals surface area (Å²) in [5, 5.41) is 3.04. The highest BCUT2D eigenvalue weighted by Gasteiger charge is 2.31. The van der Waals surface area contributed by atoms with E-state index in [1.165, 1.54) is 16.7 Å². The van der Waals surface area contributed by atoms with Crippen molar-refractivity contribution in [1.29, 1.82) is 0 Å². The van der Waals surface area contributed by atoms with Gasteiger partial charge in [-0.05, 0) is 44.5 Å². The van der Waals surface area contributed by atoms with Crippen molar-refractivity contribution in [2.24, 2.45) is 0 Å². The minimum absolute atomic E-state index is 0.0118. The van der Waals surface area contributed by atoms with E-state index in [-0.39, 0.29) is 17.9 Å². The number of nitrogens with one attached hydrogen (secondary N) is 2. The summed E-state index contributed by atoms with van der Waals surface area (Å²) in [7, 11) is 0. The smallest absolute Gasteiger partial charge is 0.289 e. The van der Waals surface area contributed by atoms with Crippen LogP contribution in [-0.2, 0) is 4.79 Å². The Morgan fingerprint density at radius 2 is 1.92 bits per heavy atom. The largest absolute Gasteiger partial charge is 0.459 e. The van der Waals surface area contributed by atoms with E-state index < -0.39 is 0 Å². The van der Waals surface area contributed by atoms with Crippen LogP contribution in [0.25, 0.3) is 0 Å². The molecular weight excluding hydrogens is 330 g/mol. The zero-order chi connectivity index (χ0) is 18.7. The molecule has 1 fully saturated rings. The fourth-order valence-corrected chi connectivity index (χ4v) is 3.37. The van der Waals surface area contributed by atoms with Crippen molar-refractivity contribution in [2.75, 3.05) is 31.5 Å². The second-order valence-electron chi connectivity index (χ2n) is 6.96. The van der Waals surface area contributed by atoms with Gasteiger partial charge < -0.3 is 19.5 Å². The Morgan fingerprint density at radius 3 is 2.54 bits per heavy atom. The van der Waals surface area contributed by atoms with Crippen molar-refractivity contribution in [1.82, 2.24) is 4.90 Å². The average molecular weight is 356 g/mol. The standard InChI is InChI=1S/C20H25N3O3/c1-14-6-7-17(15(2)13-14)21-19(24)16(3)22-8-10-23(11-9-22)20(25)18-5-4-12-26-18/h4-7,12-13,16H,8-11H2,1-3H3,(H,21,24)/p+1/t16-/m1/s1. The lowest BCUT2D eigenvalue weighted by Gasteiger charge is -2.34. The number of piperazine rings is 1. The fraction of sp³-hybridized carbons (Fsp3) is 0.400. The number of rotatable bonds is 4. The SMILES string of the molecule is Cc1ccc(NC(=O)[C@@H](C)[NH+]2CCN(C(=O)c3ccco3)CC2)c(C)c1. The molecule has 1 atom stereocenters. The highest BCUT2D eigenvalue weighted by Crippen LogP contribution is 2.16. The number of hydrogen-bond acceptors (Lipinski definition) is 3. The predicted molar refractivity (Wildman–Crippen MR) is 99.3 cm³/mol. The minimum Gasteiger partial charge on any atom is -0.459 e. The minimum atomic E-state index is -0.170. The van der Waals surface area contributed by atoms with Crippen molar-refractivity contribution >= 4 is 17.5 Å². The molecule has 0 aliphatic carbocycles. The molecule has 2 N–H and O–H groups in total. The Morgan fingerprint density at radius 1 is 1.19 bits per heavy atom. The molecule has 26 heavy (non-hydrogen) atoms. The molecule has 0 radical (unpaired) electrons. The molecule has 2 heterocycles. The number of furan rings is 1. The third-order valence-corrected chi connectivity index (χ3v) is 5.07. The molecule has 0 saturated carbocycles. The average Bonchev–Trinajstić information content (AvgIpc) is 3.17. The predicted octanol–water partition coefficient (Wildman–Crippen LogP) is 1.26. The highest BCUT2D eigenvalue weighted by molar-refractivity contribution is 5.94. The molecule has 6 nitrogen and oxygen atoms in total. The van der Waals surface area contributed by atoms with E-state index in [1.807, 2.05) is 32.9 Å². The molecule has 1 aromatic heterocycles. The maximum absolute atomic E-state index is 12.6. The van der Waals surface area contributed by atoms with Gasteiger partial charge in [0.2, 0.25) is 0 Å². The molecule has 1 aromatic carbocycles. The van der Waals surface area contributed by atoms with Gasteiger partial charge in [-0.2, -0.15) is 0 Å². The zero-order valence-electron chi connectivity index (χ0n) is 15.5. The Bertz CT molecular complexity index is 778. The molecule has 3 rings (SSSR count). The monoisotopic (exact) mass is 356 g/mol. The van der Waals surface area contributed by atoms with Gasteiger partial charge in [0, 0.05) is 5.69 Å². The second-order valence-corrected chi connectivity index (χ2v) is 6.96. The quantitative estimate of drug-likeness (QED) is 0.867. The summed E-state index contributed by atoms with van der Waals surface area (Å²) in [6.45, 7) is 8.71. The lowest BCUT2D eigenvalue weighted by atomic mass is 10.1. The van der Waals surface area contributed by atoms with Gasteiger partial charge in [0.1, 0.15) is 0 Å². The van der Waals surface area contributed by atoms with Gasteiger partial charge in [-0.1, -0.05) is 17.7 Å². The molecule has 0 spiro atoms.